The molecule has 1 aromatic carbocycles. The van der Waals surface area contributed by atoms with Gasteiger partial charge in [0.1, 0.15) is 6.61 Å². The van der Waals surface area contributed by atoms with Gasteiger partial charge in [0.25, 0.3) is 0 Å². The number of aliphatic hydroxyl groups is 1. The molecule has 5 nitrogen and oxygen atoms in total. The highest BCUT2D eigenvalue weighted by Crippen LogP contribution is 2.15. The van der Waals surface area contributed by atoms with E-state index >= 15 is 0 Å². The Morgan fingerprint density at radius 3 is 2.95 bits per heavy atom. The van der Waals surface area contributed by atoms with Crippen LogP contribution >= 0.6 is 0 Å². The van der Waals surface area contributed by atoms with Gasteiger partial charge < -0.3 is 14.7 Å². The fraction of sp³-hybridized carbons (Fsp3) is 0.533. The lowest BCUT2D eigenvalue weighted by Crippen LogP contribution is -2.39. The number of likely N-dealkylation sites (tertiary alicyclic amines) is 1. The van der Waals surface area contributed by atoms with Gasteiger partial charge >= 0.3 is 0 Å². The number of rotatable bonds is 6. The van der Waals surface area contributed by atoms with Gasteiger partial charge in [-0.3, -0.25) is 9.69 Å². The van der Waals surface area contributed by atoms with Crippen molar-refractivity contribution in [3.05, 3.63) is 30.1 Å². The average Bonchev–Trinajstić information content (AvgIpc) is 2.86. The summed E-state index contributed by atoms with van der Waals surface area (Å²) < 4.78 is 18.7. The molecular weight excluding hydrogens is 275 g/mol. The maximum absolute atomic E-state index is 13.3. The highest BCUT2D eigenvalue weighted by molar-refractivity contribution is 5.78. The number of aliphatic hydroxyl groups excluding tert-OH is 1. The molecule has 1 atom stereocenters. The minimum Gasteiger partial charge on any atom is -0.489 e. The fourth-order valence-corrected chi connectivity index (χ4v) is 2.25. The number of halogens is 1. The van der Waals surface area contributed by atoms with Gasteiger partial charge in [-0.1, -0.05) is 12.1 Å². The minimum atomic E-state index is -0.405. The van der Waals surface area contributed by atoms with Crippen molar-refractivity contribution in [1.82, 2.24) is 9.80 Å². The second-order valence-corrected chi connectivity index (χ2v) is 5.27. The molecule has 0 spiro atoms. The predicted molar refractivity (Wildman–Crippen MR) is 76.6 cm³/mol. The van der Waals surface area contributed by atoms with Crippen molar-refractivity contribution in [2.45, 2.75) is 12.5 Å². The van der Waals surface area contributed by atoms with Crippen LogP contribution in [0.2, 0.25) is 0 Å². The van der Waals surface area contributed by atoms with Crippen LogP contribution in [0.25, 0.3) is 0 Å². The van der Waals surface area contributed by atoms with E-state index in [1.54, 1.807) is 30.1 Å². The SMILES string of the molecule is CN(CCOc1ccccc1F)C(=O)CN1CC[C@H](O)C1. The van der Waals surface area contributed by atoms with E-state index in [1.807, 2.05) is 4.90 Å². The molecule has 1 saturated heterocycles. The van der Waals surface area contributed by atoms with Crippen LogP contribution in [0.1, 0.15) is 6.42 Å². The molecule has 1 heterocycles. The number of likely N-dealkylation sites (N-methyl/N-ethyl adjacent to an activating group) is 1. The molecule has 1 fully saturated rings. The summed E-state index contributed by atoms with van der Waals surface area (Å²) in [6, 6.07) is 6.19. The fourth-order valence-electron chi connectivity index (χ4n) is 2.25. The zero-order chi connectivity index (χ0) is 15.2. The van der Waals surface area contributed by atoms with E-state index in [0.717, 1.165) is 6.54 Å². The molecule has 1 N–H and O–H groups in total. The molecule has 6 heteroatoms. The van der Waals surface area contributed by atoms with Gasteiger partial charge in [-0.2, -0.15) is 0 Å². The van der Waals surface area contributed by atoms with Gasteiger partial charge in [-0.15, -0.1) is 0 Å². The first-order valence-electron chi connectivity index (χ1n) is 7.08. The first-order chi connectivity index (χ1) is 10.1. The molecule has 2 rings (SSSR count). The Kier molecular flexibility index (Phi) is 5.52. The first-order valence-corrected chi connectivity index (χ1v) is 7.08. The van der Waals surface area contributed by atoms with Gasteiger partial charge in [0, 0.05) is 20.1 Å². The number of β-amino-alcohol motifs (C(OH)–C–C–N with tert-alkyl or cyclic N) is 1. The lowest BCUT2D eigenvalue weighted by Gasteiger charge is -2.21. The van der Waals surface area contributed by atoms with Crippen molar-refractivity contribution < 1.29 is 19.0 Å². The second-order valence-electron chi connectivity index (χ2n) is 5.27. The van der Waals surface area contributed by atoms with Gasteiger partial charge in [0.15, 0.2) is 11.6 Å². The lowest BCUT2D eigenvalue weighted by molar-refractivity contribution is -0.131. The Morgan fingerprint density at radius 2 is 2.29 bits per heavy atom. The normalized spacial score (nSPS) is 18.7. The number of hydrogen-bond acceptors (Lipinski definition) is 4. The van der Waals surface area contributed by atoms with E-state index in [2.05, 4.69) is 0 Å². The molecule has 116 valence electrons. The van der Waals surface area contributed by atoms with Crippen molar-refractivity contribution in [2.75, 3.05) is 39.8 Å². The standard InChI is InChI=1S/C15H21FN2O3/c1-17(15(20)11-18-7-6-12(19)10-18)8-9-21-14-5-3-2-4-13(14)16/h2-5,12,19H,6-11H2,1H3/t12-/m0/s1. The molecule has 1 aromatic rings. The van der Waals surface area contributed by atoms with Crippen LogP contribution in [0, 0.1) is 5.82 Å². The third kappa shape index (κ3) is 4.68. The number of ether oxygens (including phenoxy) is 1. The van der Waals surface area contributed by atoms with Crippen molar-refractivity contribution in [3.8, 4) is 5.75 Å². The molecule has 1 amide bonds. The number of hydrogen-bond donors (Lipinski definition) is 1. The number of benzene rings is 1. The van der Waals surface area contributed by atoms with E-state index < -0.39 is 5.82 Å². The van der Waals surface area contributed by atoms with Crippen LogP contribution in [0.3, 0.4) is 0 Å². The Bertz CT molecular complexity index is 484. The number of carbonyl (C=O) groups is 1. The zero-order valence-electron chi connectivity index (χ0n) is 12.2. The molecule has 0 bridgehead atoms. The maximum Gasteiger partial charge on any atom is 0.236 e. The highest BCUT2D eigenvalue weighted by Gasteiger charge is 2.23. The average molecular weight is 296 g/mol. The largest absolute Gasteiger partial charge is 0.489 e. The van der Waals surface area contributed by atoms with Gasteiger partial charge in [-0.25, -0.2) is 4.39 Å². The van der Waals surface area contributed by atoms with E-state index in [0.29, 0.717) is 26.1 Å². The molecular formula is C15H21FN2O3. The van der Waals surface area contributed by atoms with Crippen LogP contribution in [0.4, 0.5) is 4.39 Å². The molecule has 0 aliphatic carbocycles. The molecule has 21 heavy (non-hydrogen) atoms. The summed E-state index contributed by atoms with van der Waals surface area (Å²) in [5.74, 6) is -0.236. The Morgan fingerprint density at radius 1 is 1.52 bits per heavy atom. The molecule has 1 aliphatic heterocycles. The maximum atomic E-state index is 13.3. The minimum absolute atomic E-state index is 0.0266. The number of amides is 1. The topological polar surface area (TPSA) is 53.0 Å². The lowest BCUT2D eigenvalue weighted by atomic mass is 10.3. The van der Waals surface area contributed by atoms with E-state index in [9.17, 15) is 14.3 Å². The highest BCUT2D eigenvalue weighted by atomic mass is 19.1. The smallest absolute Gasteiger partial charge is 0.236 e. The molecule has 0 aromatic heterocycles. The molecule has 0 unspecified atom stereocenters. The summed E-state index contributed by atoms with van der Waals surface area (Å²) >= 11 is 0. The van der Waals surface area contributed by atoms with Crippen LogP contribution in [-0.2, 0) is 4.79 Å². The van der Waals surface area contributed by atoms with Crippen molar-refractivity contribution in [1.29, 1.82) is 0 Å². The molecule has 0 radical (unpaired) electrons. The summed E-state index contributed by atoms with van der Waals surface area (Å²) in [7, 11) is 1.69. The van der Waals surface area contributed by atoms with Gasteiger partial charge in [0.2, 0.25) is 5.91 Å². The summed E-state index contributed by atoms with van der Waals surface area (Å²) in [4.78, 5) is 15.5. The summed E-state index contributed by atoms with van der Waals surface area (Å²) in [6.07, 6.45) is 0.389. The predicted octanol–water partition coefficient (Wildman–Crippen LogP) is 0.729. The van der Waals surface area contributed by atoms with Gasteiger partial charge in [0.05, 0.1) is 19.2 Å². The van der Waals surface area contributed by atoms with Crippen molar-refractivity contribution in [2.24, 2.45) is 0 Å². The Labute approximate surface area is 123 Å². The Balaban J connectivity index is 1.70. The number of nitrogens with zero attached hydrogens (tertiary/aromatic N) is 2. The monoisotopic (exact) mass is 296 g/mol. The van der Waals surface area contributed by atoms with Crippen LogP contribution < -0.4 is 4.74 Å². The summed E-state index contributed by atoms with van der Waals surface area (Å²) in [5, 5.41) is 9.42. The zero-order valence-corrected chi connectivity index (χ0v) is 12.2. The molecule has 1 aliphatic rings. The van der Waals surface area contributed by atoms with E-state index in [4.69, 9.17) is 4.74 Å². The summed E-state index contributed by atoms with van der Waals surface area (Å²) in [5.41, 5.74) is 0. The van der Waals surface area contributed by atoms with E-state index in [-0.39, 0.29) is 24.4 Å². The van der Waals surface area contributed by atoms with Crippen LogP contribution in [0.5, 0.6) is 5.75 Å². The number of carbonyl (C=O) groups excluding carboxylic acids is 1. The third-order valence-corrected chi connectivity index (χ3v) is 3.55. The number of para-hydroxylation sites is 1. The van der Waals surface area contributed by atoms with Crippen molar-refractivity contribution in [3.63, 3.8) is 0 Å². The Hall–Kier alpha value is -1.66. The van der Waals surface area contributed by atoms with E-state index in [1.165, 1.54) is 6.07 Å². The summed E-state index contributed by atoms with van der Waals surface area (Å²) in [6.45, 7) is 2.22. The second kappa shape index (κ2) is 7.38. The van der Waals surface area contributed by atoms with Crippen LogP contribution in [-0.4, -0.2) is 66.8 Å². The van der Waals surface area contributed by atoms with Gasteiger partial charge in [-0.05, 0) is 18.6 Å². The van der Waals surface area contributed by atoms with Crippen molar-refractivity contribution >= 4 is 5.91 Å². The van der Waals surface area contributed by atoms with Crippen LogP contribution in [0.15, 0.2) is 24.3 Å². The molecule has 0 saturated carbocycles. The first kappa shape index (κ1) is 15.7. The quantitative estimate of drug-likeness (QED) is 0.841. The third-order valence-electron chi connectivity index (χ3n) is 3.55.